The zero-order valence-corrected chi connectivity index (χ0v) is 13.9. The molecule has 0 aromatic heterocycles. The van der Waals surface area contributed by atoms with E-state index in [0.29, 0.717) is 44.6 Å². The second-order valence-electron chi connectivity index (χ2n) is 6.38. The van der Waals surface area contributed by atoms with Crippen molar-refractivity contribution in [3.63, 3.8) is 0 Å². The van der Waals surface area contributed by atoms with Crippen molar-refractivity contribution in [1.82, 2.24) is 10.2 Å². The normalized spacial score (nSPS) is 17.3. The molecule has 5 heteroatoms. The van der Waals surface area contributed by atoms with Gasteiger partial charge in [0, 0.05) is 21.0 Å². The van der Waals surface area contributed by atoms with E-state index < -0.39 is 0 Å². The van der Waals surface area contributed by atoms with Crippen molar-refractivity contribution in [2.45, 2.75) is 33.1 Å². The number of carbonyl (C=O) groups is 1. The molecule has 1 N–H and O–H groups in total. The number of rotatable bonds is 10. The molecule has 0 unspecified atom stereocenters. The Labute approximate surface area is 130 Å². The molecule has 1 fully saturated rings. The number of nitrogens with one attached hydrogen (secondary N) is 1. The first-order valence-corrected chi connectivity index (χ1v) is 8.18. The highest BCUT2D eigenvalue weighted by molar-refractivity contribution is 5.76. The molecule has 1 heterocycles. The van der Waals surface area contributed by atoms with Gasteiger partial charge in [-0.25, -0.2) is 0 Å². The lowest BCUT2D eigenvalue weighted by Crippen LogP contribution is -2.34. The first-order chi connectivity index (χ1) is 10.1. The molecule has 0 atom stereocenters. The number of nitrogens with zero attached hydrogens (tertiary/aromatic N) is 1. The molecule has 0 saturated carbocycles. The van der Waals surface area contributed by atoms with Crippen LogP contribution in [0, 0.1) is 11.8 Å². The van der Waals surface area contributed by atoms with Gasteiger partial charge in [-0.1, -0.05) is 13.8 Å². The lowest BCUT2D eigenvalue weighted by atomic mass is 9.93. The van der Waals surface area contributed by atoms with Gasteiger partial charge in [0.25, 0.3) is 0 Å². The van der Waals surface area contributed by atoms with Crippen LogP contribution in [0.15, 0.2) is 0 Å². The van der Waals surface area contributed by atoms with Gasteiger partial charge in [-0.05, 0) is 44.8 Å². The zero-order valence-electron chi connectivity index (χ0n) is 13.9. The van der Waals surface area contributed by atoms with Crippen LogP contribution in [-0.4, -0.2) is 63.9 Å². The minimum absolute atomic E-state index is 0. The minimum atomic E-state index is 0. The largest absolute Gasteiger partial charge is 0.379 e. The molecule has 1 aliphatic rings. The van der Waals surface area contributed by atoms with Crippen LogP contribution < -0.4 is 5.32 Å². The van der Waals surface area contributed by atoms with Crippen molar-refractivity contribution in [3.8, 4) is 0 Å². The van der Waals surface area contributed by atoms with Gasteiger partial charge >= 0.3 is 0 Å². The molecule has 0 aliphatic carbocycles. The Morgan fingerprint density at radius 2 is 1.90 bits per heavy atom. The van der Waals surface area contributed by atoms with E-state index in [1.54, 1.807) is 0 Å². The first kappa shape index (κ1) is 18.4. The van der Waals surface area contributed by atoms with Crippen LogP contribution in [-0.2, 0) is 14.3 Å². The van der Waals surface area contributed by atoms with E-state index in [1.807, 2.05) is 0 Å². The molecule has 1 amide bonds. The van der Waals surface area contributed by atoms with E-state index in [-0.39, 0.29) is 7.33 Å². The molecule has 21 heavy (non-hydrogen) atoms. The lowest BCUT2D eigenvalue weighted by molar-refractivity contribution is -0.122. The molecule has 0 aromatic rings. The van der Waals surface area contributed by atoms with Gasteiger partial charge in [0.1, 0.15) is 0 Å². The molecular weight excluding hydrogens is 268 g/mol. The van der Waals surface area contributed by atoms with Crippen molar-refractivity contribution in [2.75, 3.05) is 53.1 Å². The molecule has 1 saturated heterocycles. The van der Waals surface area contributed by atoms with Crippen LogP contribution in [0.1, 0.15) is 34.5 Å². The molecular formula is C16H34N2O3. The Balaban J connectivity index is 0.00000441. The van der Waals surface area contributed by atoms with E-state index >= 15 is 0 Å². The summed E-state index contributed by atoms with van der Waals surface area (Å²) < 4.78 is 10.8. The van der Waals surface area contributed by atoms with Crippen molar-refractivity contribution in [3.05, 3.63) is 0 Å². The maximum atomic E-state index is 11.8. The SMILES string of the molecule is CC(C)COCCOCCNC(=O)CC1CCN(C)CC1.[HH]. The number of amides is 1. The third-order valence-corrected chi connectivity index (χ3v) is 3.70. The van der Waals surface area contributed by atoms with Crippen LogP contribution in [0.4, 0.5) is 0 Å². The second kappa shape index (κ2) is 11.0. The van der Waals surface area contributed by atoms with E-state index in [1.165, 1.54) is 0 Å². The topological polar surface area (TPSA) is 50.8 Å². The highest BCUT2D eigenvalue weighted by atomic mass is 16.5. The third-order valence-electron chi connectivity index (χ3n) is 3.70. The fourth-order valence-electron chi connectivity index (χ4n) is 2.40. The van der Waals surface area contributed by atoms with Crippen molar-refractivity contribution < 1.29 is 15.7 Å². The molecule has 1 aliphatic heterocycles. The quantitative estimate of drug-likeness (QED) is 0.625. The summed E-state index contributed by atoms with van der Waals surface area (Å²) in [5, 5.41) is 2.93. The number of carbonyl (C=O) groups excluding carboxylic acids is 1. The summed E-state index contributed by atoms with van der Waals surface area (Å²) in [5.41, 5.74) is 0. The number of ether oxygens (including phenoxy) is 2. The predicted octanol–water partition coefficient (Wildman–Crippen LogP) is 1.77. The van der Waals surface area contributed by atoms with Crippen LogP contribution in [0.2, 0.25) is 0 Å². The summed E-state index contributed by atoms with van der Waals surface area (Å²) in [7, 11) is 2.14. The molecule has 126 valence electrons. The molecule has 0 aromatic carbocycles. The first-order valence-electron chi connectivity index (χ1n) is 8.18. The average molecular weight is 302 g/mol. The Morgan fingerprint density at radius 3 is 2.57 bits per heavy atom. The molecule has 1 rings (SSSR count). The maximum absolute atomic E-state index is 11.8. The average Bonchev–Trinajstić information content (AvgIpc) is 2.44. The van der Waals surface area contributed by atoms with Gasteiger partial charge in [0.2, 0.25) is 5.91 Å². The molecule has 0 spiro atoms. The summed E-state index contributed by atoms with van der Waals surface area (Å²) in [6.45, 7) is 9.62. The summed E-state index contributed by atoms with van der Waals surface area (Å²) in [6, 6.07) is 0. The van der Waals surface area contributed by atoms with Crippen LogP contribution in [0.5, 0.6) is 0 Å². The minimum Gasteiger partial charge on any atom is -0.379 e. The highest BCUT2D eigenvalue weighted by Crippen LogP contribution is 2.18. The van der Waals surface area contributed by atoms with Crippen LogP contribution in [0.25, 0.3) is 0 Å². The van der Waals surface area contributed by atoms with Crippen molar-refractivity contribution in [1.29, 1.82) is 0 Å². The van der Waals surface area contributed by atoms with Gasteiger partial charge in [-0.2, -0.15) is 0 Å². The van der Waals surface area contributed by atoms with Gasteiger partial charge in [-0.15, -0.1) is 0 Å². The fourth-order valence-corrected chi connectivity index (χ4v) is 2.40. The van der Waals surface area contributed by atoms with Gasteiger partial charge < -0.3 is 19.7 Å². The van der Waals surface area contributed by atoms with Gasteiger partial charge in [-0.3, -0.25) is 4.79 Å². The lowest BCUT2D eigenvalue weighted by Gasteiger charge is -2.28. The summed E-state index contributed by atoms with van der Waals surface area (Å²) in [6.07, 6.45) is 2.92. The van der Waals surface area contributed by atoms with Crippen LogP contribution in [0.3, 0.4) is 0 Å². The Morgan fingerprint density at radius 1 is 1.24 bits per heavy atom. The summed E-state index contributed by atoms with van der Waals surface area (Å²) in [5.74, 6) is 1.26. The fraction of sp³-hybridized carbons (Fsp3) is 0.938. The van der Waals surface area contributed by atoms with Crippen molar-refractivity contribution >= 4 is 5.91 Å². The molecule has 0 bridgehead atoms. The predicted molar refractivity (Wildman–Crippen MR) is 86.4 cm³/mol. The number of likely N-dealkylation sites (tertiary alicyclic amines) is 1. The van der Waals surface area contributed by atoms with E-state index in [2.05, 4.69) is 31.1 Å². The number of piperidine rings is 1. The smallest absolute Gasteiger partial charge is 0.220 e. The standard InChI is InChI=1S/C16H32N2O3.H2/c1-14(2)13-21-11-10-20-9-6-17-16(19)12-15-4-7-18(3)8-5-15;/h14-15H,4-13H2,1-3H3,(H,17,19);1H. The second-order valence-corrected chi connectivity index (χ2v) is 6.38. The molecule has 0 radical (unpaired) electrons. The maximum Gasteiger partial charge on any atom is 0.220 e. The number of hydrogen-bond donors (Lipinski definition) is 1. The van der Waals surface area contributed by atoms with E-state index in [0.717, 1.165) is 32.5 Å². The third kappa shape index (κ3) is 9.82. The van der Waals surface area contributed by atoms with E-state index in [4.69, 9.17) is 9.47 Å². The number of hydrogen-bond acceptors (Lipinski definition) is 4. The Bertz CT molecular complexity index is 283. The molecule has 5 nitrogen and oxygen atoms in total. The van der Waals surface area contributed by atoms with Gasteiger partial charge in [0.05, 0.1) is 19.8 Å². The van der Waals surface area contributed by atoms with E-state index in [9.17, 15) is 4.79 Å². The van der Waals surface area contributed by atoms with Crippen molar-refractivity contribution in [2.24, 2.45) is 11.8 Å². The summed E-state index contributed by atoms with van der Waals surface area (Å²) in [4.78, 5) is 14.1. The zero-order chi connectivity index (χ0) is 15.5. The Hall–Kier alpha value is -0.650. The van der Waals surface area contributed by atoms with Gasteiger partial charge in [0.15, 0.2) is 0 Å². The van der Waals surface area contributed by atoms with Crippen LogP contribution >= 0.6 is 0 Å². The highest BCUT2D eigenvalue weighted by Gasteiger charge is 2.19. The monoisotopic (exact) mass is 302 g/mol. The summed E-state index contributed by atoms with van der Waals surface area (Å²) >= 11 is 0. The Kier molecular flexibility index (Phi) is 9.63.